The van der Waals surface area contributed by atoms with E-state index in [9.17, 15) is 58.2 Å². The Morgan fingerprint density at radius 2 is 0.859 bits per heavy atom. The highest BCUT2D eigenvalue weighted by Crippen LogP contribution is 2.25. The van der Waals surface area contributed by atoms with E-state index in [-0.39, 0.29) is 22.9 Å². The van der Waals surface area contributed by atoms with Crippen LogP contribution in [0.25, 0.3) is 22.1 Å². The van der Waals surface area contributed by atoms with Gasteiger partial charge in [-0.3, -0.25) is 48.3 Å². The van der Waals surface area contributed by atoms with Crippen LogP contribution < -0.4 is 31.9 Å². The zero-order chi connectivity index (χ0) is 58.0. The van der Waals surface area contributed by atoms with E-state index in [2.05, 4.69) is 51.8 Å². The van der Waals surface area contributed by atoms with Gasteiger partial charge in [-0.1, -0.05) is 73.5 Å². The minimum Gasteiger partial charge on any atom is -0.480 e. The number of hydrogen-bond acceptors (Lipinski definition) is 20. The van der Waals surface area contributed by atoms with Gasteiger partial charge in [0.2, 0.25) is 23.6 Å². The van der Waals surface area contributed by atoms with Crippen LogP contribution in [0.5, 0.6) is 0 Å². The molecule has 0 aliphatic carbocycles. The van der Waals surface area contributed by atoms with Crippen LogP contribution >= 0.6 is 21.6 Å². The summed E-state index contributed by atoms with van der Waals surface area (Å²) in [6, 6.07) is 3.49. The first-order valence-corrected chi connectivity index (χ1v) is 27.0. The first-order valence-electron chi connectivity index (χ1n) is 24.5. The zero-order valence-electron chi connectivity index (χ0n) is 44.7. The van der Waals surface area contributed by atoms with Gasteiger partial charge >= 0.3 is 23.9 Å². The highest BCUT2D eigenvalue weighted by atomic mass is 33.1. The third kappa shape index (κ3) is 17.5. The number of carboxylic acid groups (broad SMARTS) is 2. The average Bonchev–Trinajstić information content (AvgIpc) is 3.42. The van der Waals surface area contributed by atoms with Crippen molar-refractivity contribution >= 4 is 103 Å². The SMILES string of the molecule is CN[C@@H](CSSC[C@H](NC)C(=O)N(C)[C@H](C(=O)OC[C@@H](NC(=O)c1cnc2ccccc2n1)C(=O)N[C@@H](C)C(=O)O)C(C)C)C(=O)N(C)[C@H](C(=O)OC[C@@H](NC(=O)c1cnc2ccccc2n1)C(=O)N[C@@H](C)C(=O)O)C(C)C. The van der Waals surface area contributed by atoms with Crippen LogP contribution in [0.3, 0.4) is 0 Å². The van der Waals surface area contributed by atoms with Gasteiger partial charge in [0.15, 0.2) is 0 Å². The van der Waals surface area contributed by atoms with Crippen molar-refractivity contribution in [2.45, 2.75) is 89.9 Å². The zero-order valence-corrected chi connectivity index (χ0v) is 46.3. The smallest absolute Gasteiger partial charge is 0.329 e. The molecule has 0 saturated carbocycles. The number of amides is 6. The molecule has 4 aromatic rings. The summed E-state index contributed by atoms with van der Waals surface area (Å²) in [5.41, 5.74) is 1.48. The van der Waals surface area contributed by atoms with E-state index in [0.29, 0.717) is 22.1 Å². The lowest BCUT2D eigenvalue weighted by Gasteiger charge is -2.33. The topological polar surface area (TPSA) is 360 Å². The van der Waals surface area contributed by atoms with Gasteiger partial charge < -0.3 is 61.4 Å². The number of fused-ring (bicyclic) bond motifs is 2. The molecule has 0 bridgehead atoms. The summed E-state index contributed by atoms with van der Waals surface area (Å²) >= 11 is 0. The van der Waals surface area contributed by atoms with E-state index < -0.39 is 133 Å². The molecule has 0 aliphatic rings. The number of benzene rings is 2. The maximum absolute atomic E-state index is 14.0. The largest absolute Gasteiger partial charge is 0.480 e. The van der Waals surface area contributed by atoms with Crippen LogP contribution in [0.15, 0.2) is 60.9 Å². The Balaban J connectivity index is 1.37. The van der Waals surface area contributed by atoms with Crippen molar-refractivity contribution in [2.24, 2.45) is 11.8 Å². The van der Waals surface area contributed by atoms with Crippen molar-refractivity contribution in [2.75, 3.05) is 52.9 Å². The van der Waals surface area contributed by atoms with Crippen molar-refractivity contribution in [3.05, 3.63) is 72.3 Å². The summed E-state index contributed by atoms with van der Waals surface area (Å²) in [5.74, 6) is -9.98. The highest BCUT2D eigenvalue weighted by Gasteiger charge is 2.38. The quantitative estimate of drug-likeness (QED) is 0.0205. The third-order valence-corrected chi connectivity index (χ3v) is 14.4. The molecule has 0 aliphatic heterocycles. The number of rotatable bonds is 29. The van der Waals surface area contributed by atoms with E-state index in [4.69, 9.17) is 9.47 Å². The molecule has 0 spiro atoms. The molecule has 8 atom stereocenters. The van der Waals surface area contributed by atoms with Crippen LogP contribution in [0.1, 0.15) is 62.5 Å². The van der Waals surface area contributed by atoms with E-state index >= 15 is 0 Å². The number of para-hydroxylation sites is 4. The fourth-order valence-corrected chi connectivity index (χ4v) is 10.0. The number of aromatic nitrogens is 4. The number of nitrogens with one attached hydrogen (secondary N) is 6. The number of aliphatic carboxylic acids is 2. The summed E-state index contributed by atoms with van der Waals surface area (Å²) in [6.45, 7) is 7.63. The van der Waals surface area contributed by atoms with E-state index in [1.165, 1.54) is 71.7 Å². The minimum absolute atomic E-state index is 0.142. The number of esters is 2. The van der Waals surface area contributed by atoms with Crippen molar-refractivity contribution in [1.82, 2.24) is 61.6 Å². The van der Waals surface area contributed by atoms with Gasteiger partial charge in [-0.15, -0.1) is 0 Å². The second-order valence-electron chi connectivity index (χ2n) is 18.5. The molecule has 0 radical (unpaired) electrons. The predicted molar refractivity (Wildman–Crippen MR) is 287 cm³/mol. The lowest BCUT2D eigenvalue weighted by atomic mass is 10.0. The van der Waals surface area contributed by atoms with Gasteiger partial charge in [-0.05, 0) is 64.0 Å². The summed E-state index contributed by atoms with van der Waals surface area (Å²) in [5, 5.41) is 34.1. The fraction of sp³-hybridized carbons (Fsp3) is 0.480. The third-order valence-electron chi connectivity index (χ3n) is 12.0. The number of likely N-dealkylation sites (N-methyl/N-ethyl adjacent to an activating group) is 4. The van der Waals surface area contributed by atoms with Gasteiger partial charge in [0.05, 0.1) is 46.5 Å². The highest BCUT2D eigenvalue weighted by molar-refractivity contribution is 8.76. The molecule has 26 nitrogen and oxygen atoms in total. The predicted octanol–water partition coefficient (Wildman–Crippen LogP) is 0.258. The number of hydrogen-bond donors (Lipinski definition) is 8. The summed E-state index contributed by atoms with van der Waals surface area (Å²) in [6.07, 6.45) is 2.39. The number of carbonyl (C=O) groups excluding carboxylic acids is 8. The summed E-state index contributed by atoms with van der Waals surface area (Å²) in [4.78, 5) is 151. The van der Waals surface area contributed by atoms with E-state index in [1.54, 1.807) is 90.3 Å². The molecular formula is C50H66N12O14S2. The number of carbonyl (C=O) groups is 10. The van der Waals surface area contributed by atoms with Gasteiger partial charge in [-0.25, -0.2) is 19.6 Å². The molecule has 4 rings (SSSR count). The van der Waals surface area contributed by atoms with Gasteiger partial charge in [0, 0.05) is 25.6 Å². The molecule has 28 heteroatoms. The molecule has 0 fully saturated rings. The minimum atomic E-state index is -1.59. The molecule has 8 N–H and O–H groups in total. The molecule has 2 aromatic carbocycles. The second-order valence-corrected chi connectivity index (χ2v) is 21.0. The van der Waals surface area contributed by atoms with E-state index in [0.717, 1.165) is 0 Å². The lowest BCUT2D eigenvalue weighted by Crippen LogP contribution is -2.55. The Kier molecular flexibility index (Phi) is 24.1. The second kappa shape index (κ2) is 29.8. The van der Waals surface area contributed by atoms with Gasteiger partial charge in [0.1, 0.15) is 60.9 Å². The molecule has 6 amide bonds. The normalized spacial score (nSPS) is 14.4. The van der Waals surface area contributed by atoms with Crippen LogP contribution in [0.4, 0.5) is 0 Å². The average molecular weight is 1120 g/mol. The van der Waals surface area contributed by atoms with Crippen LogP contribution in [0, 0.1) is 11.8 Å². The monoisotopic (exact) mass is 1120 g/mol. The first kappa shape index (κ1) is 63.0. The maximum Gasteiger partial charge on any atom is 0.329 e. The molecule has 0 saturated heterocycles. The fourth-order valence-electron chi connectivity index (χ4n) is 7.53. The molecule has 0 unspecified atom stereocenters. The Bertz CT molecular complexity index is 2640. The van der Waals surface area contributed by atoms with E-state index in [1.807, 2.05) is 0 Å². The number of nitrogens with zero attached hydrogens (tertiary/aromatic N) is 6. The Morgan fingerprint density at radius 3 is 1.17 bits per heavy atom. The van der Waals surface area contributed by atoms with Gasteiger partial charge in [-0.2, -0.15) is 0 Å². The maximum atomic E-state index is 14.0. The summed E-state index contributed by atoms with van der Waals surface area (Å²) < 4.78 is 11.1. The number of ether oxygens (including phenoxy) is 2. The lowest BCUT2D eigenvalue weighted by molar-refractivity contribution is -0.158. The molecule has 2 aromatic heterocycles. The molecular weight excluding hydrogens is 1060 g/mol. The Hall–Kier alpha value is -7.56. The molecule has 78 heavy (non-hydrogen) atoms. The van der Waals surface area contributed by atoms with Crippen LogP contribution in [0.2, 0.25) is 0 Å². The Morgan fingerprint density at radius 1 is 0.526 bits per heavy atom. The van der Waals surface area contributed by atoms with Gasteiger partial charge in [0.25, 0.3) is 11.8 Å². The molecule has 2 heterocycles. The van der Waals surface area contributed by atoms with Crippen molar-refractivity contribution in [3.63, 3.8) is 0 Å². The summed E-state index contributed by atoms with van der Waals surface area (Å²) in [7, 11) is 8.39. The Labute approximate surface area is 457 Å². The number of carboxylic acids is 2. The van der Waals surface area contributed by atoms with Crippen molar-refractivity contribution in [3.8, 4) is 0 Å². The van der Waals surface area contributed by atoms with Crippen LogP contribution in [-0.4, -0.2) is 201 Å². The molecule has 422 valence electrons. The standard InChI is InChI=1S/C50H66N12O14S2/c1-25(2)39(49(73)75-21-35(43(65)55-27(5)47(69)70)59-41(63)33-19-53-29-15-11-13-17-31(29)57-33)61(9)45(67)37(51-7)23-77-78-24-38(52-8)46(68)62(10)40(26(3)4)50(74)76-22-36(44(66)56-28(6)48(71)72)60-42(64)34-20-54-30-16-12-14-18-32(30)58-34/h11-20,25-28,35-40,51-52H,21-24H2,1-10H3,(H,55,65)(H,56,66)(H,59,63)(H,60,64)(H,69,70)(H,71,72)/t27-,28-,35+,36+,37-,38-,39-,40-/m0/s1. The first-order chi connectivity index (χ1) is 36.9. The van der Waals surface area contributed by atoms with Crippen LogP contribution in [-0.2, 0) is 47.8 Å². The van der Waals surface area contributed by atoms with Crippen molar-refractivity contribution in [1.29, 1.82) is 0 Å². The van der Waals surface area contributed by atoms with Crippen molar-refractivity contribution < 1.29 is 67.6 Å².